The number of primary amides is 1. The van der Waals surface area contributed by atoms with E-state index < -0.39 is 76.5 Å². The van der Waals surface area contributed by atoms with Gasteiger partial charge in [-0.25, -0.2) is 21.2 Å². The monoisotopic (exact) mass is 592 g/mol. The van der Waals surface area contributed by atoms with Crippen molar-refractivity contribution >= 4 is 54.5 Å². The summed E-state index contributed by atoms with van der Waals surface area (Å²) in [5.74, 6) is -4.88. The van der Waals surface area contributed by atoms with Crippen molar-refractivity contribution in [1.82, 2.24) is 4.90 Å². The van der Waals surface area contributed by atoms with Gasteiger partial charge in [-0.05, 0) is 47.7 Å². The molecule has 1 fully saturated rings. The maximum atomic E-state index is 13.9. The van der Waals surface area contributed by atoms with Crippen molar-refractivity contribution < 1.29 is 35.6 Å². The molecule has 0 aromatic heterocycles. The Morgan fingerprint density at radius 1 is 1.15 bits per heavy atom. The number of hydrogen-bond donors (Lipinski definition) is 2. The zero-order chi connectivity index (χ0) is 29.9. The number of halogens is 1. The molecule has 214 valence electrons. The average molecular weight is 593 g/mol. The van der Waals surface area contributed by atoms with Crippen LogP contribution in [0.25, 0.3) is 0 Å². The Labute approximate surface area is 231 Å². The quantitative estimate of drug-likeness (QED) is 0.482. The van der Waals surface area contributed by atoms with E-state index >= 15 is 0 Å². The van der Waals surface area contributed by atoms with E-state index in [9.17, 15) is 35.6 Å². The third-order valence-electron chi connectivity index (χ3n) is 6.74. The van der Waals surface area contributed by atoms with E-state index in [1.54, 1.807) is 33.8 Å². The lowest BCUT2D eigenvalue weighted by atomic mass is 9.81. The Morgan fingerprint density at radius 3 is 2.35 bits per heavy atom. The van der Waals surface area contributed by atoms with E-state index in [0.29, 0.717) is 11.1 Å². The van der Waals surface area contributed by atoms with Crippen LogP contribution in [0.3, 0.4) is 0 Å². The molecular weight excluding hydrogens is 563 g/mol. The number of ketones is 1. The zero-order valence-electron chi connectivity index (χ0n) is 22.4. The number of aliphatic imine (C=N–C) groups is 1. The second kappa shape index (κ2) is 9.77. The number of sulfone groups is 1. The average Bonchev–Trinajstić information content (AvgIpc) is 3.04. The molecule has 2 aliphatic rings. The molecule has 2 aromatic rings. The van der Waals surface area contributed by atoms with Gasteiger partial charge in [0, 0.05) is 12.2 Å². The Morgan fingerprint density at radius 2 is 1.80 bits per heavy atom. The largest absolute Gasteiger partial charge is 0.368 e. The van der Waals surface area contributed by atoms with Gasteiger partial charge in [0.05, 0.1) is 28.6 Å². The fraction of sp³-hybridized carbons (Fsp3) is 0.385. The molecule has 0 radical (unpaired) electrons. The molecule has 2 aromatic carbocycles. The number of nitrogens with zero attached hydrogens (tertiary/aromatic N) is 2. The minimum absolute atomic E-state index is 0.0670. The van der Waals surface area contributed by atoms with Crippen molar-refractivity contribution in [1.29, 1.82) is 0 Å². The van der Waals surface area contributed by atoms with Gasteiger partial charge in [-0.2, -0.15) is 0 Å². The Bertz CT molecular complexity index is 1700. The first-order valence-electron chi connectivity index (χ1n) is 12.2. The van der Waals surface area contributed by atoms with Crippen molar-refractivity contribution in [3.05, 3.63) is 53.3 Å². The minimum atomic E-state index is -4.64. The molecule has 11 nitrogen and oxygen atoms in total. The van der Waals surface area contributed by atoms with Gasteiger partial charge >= 0.3 is 0 Å². The fourth-order valence-electron chi connectivity index (χ4n) is 5.17. The molecule has 2 aliphatic heterocycles. The molecule has 0 aliphatic carbocycles. The number of aryl methyl sites for hydroxylation is 1. The molecule has 3 N–H and O–H groups in total. The molecule has 2 unspecified atom stereocenters. The molecule has 3 atom stereocenters. The lowest BCUT2D eigenvalue weighted by Crippen LogP contribution is -2.49. The maximum Gasteiger partial charge on any atom is 0.242 e. The number of rotatable bonds is 6. The number of nitrogens with two attached hydrogens (primary N) is 1. The van der Waals surface area contributed by atoms with E-state index in [-0.39, 0.29) is 17.9 Å². The number of hydrogen-bond acceptors (Lipinski definition) is 8. The highest BCUT2D eigenvalue weighted by Crippen LogP contribution is 2.41. The second-order valence-electron chi connectivity index (χ2n) is 11.1. The predicted molar refractivity (Wildman–Crippen MR) is 146 cm³/mol. The number of anilines is 1. The van der Waals surface area contributed by atoms with E-state index in [1.807, 2.05) is 0 Å². The number of fused-ring (bicyclic) bond motifs is 1. The van der Waals surface area contributed by atoms with Crippen LogP contribution < -0.4 is 10.5 Å². The Balaban J connectivity index is 1.86. The third kappa shape index (κ3) is 5.24. The molecule has 0 spiro atoms. The van der Waals surface area contributed by atoms with Crippen molar-refractivity contribution in [3.63, 3.8) is 0 Å². The second-order valence-corrected chi connectivity index (χ2v) is 14.8. The summed E-state index contributed by atoms with van der Waals surface area (Å²) in [6.07, 6.45) is 0.880. The molecule has 2 amide bonds. The summed E-state index contributed by atoms with van der Waals surface area (Å²) < 4.78 is 66.6. The molecular formula is C26H29FN4O7S2. The third-order valence-corrected chi connectivity index (χ3v) is 9.38. The van der Waals surface area contributed by atoms with Crippen LogP contribution in [0.1, 0.15) is 31.9 Å². The van der Waals surface area contributed by atoms with E-state index in [4.69, 9.17) is 5.73 Å². The van der Waals surface area contributed by atoms with Crippen LogP contribution in [0.15, 0.2) is 46.3 Å². The number of carbonyl (C=O) groups excluding carboxylic acids is 3. The molecule has 0 saturated carbocycles. The highest BCUT2D eigenvalue weighted by Gasteiger charge is 2.57. The lowest BCUT2D eigenvalue weighted by molar-refractivity contribution is -0.132. The van der Waals surface area contributed by atoms with Gasteiger partial charge in [0.2, 0.25) is 21.8 Å². The van der Waals surface area contributed by atoms with Crippen LogP contribution in [-0.4, -0.2) is 62.6 Å². The van der Waals surface area contributed by atoms with Gasteiger partial charge in [-0.3, -0.25) is 24.1 Å². The van der Waals surface area contributed by atoms with Gasteiger partial charge in [0.15, 0.2) is 20.9 Å². The van der Waals surface area contributed by atoms with Crippen molar-refractivity contribution in [2.45, 2.75) is 50.4 Å². The number of amides is 2. The summed E-state index contributed by atoms with van der Waals surface area (Å²) >= 11 is 0. The molecule has 0 bridgehead atoms. The van der Waals surface area contributed by atoms with Crippen LogP contribution in [0.4, 0.5) is 15.8 Å². The maximum absolute atomic E-state index is 13.9. The molecule has 1 saturated heterocycles. The lowest BCUT2D eigenvalue weighted by Gasteiger charge is -2.33. The number of sulfonamides is 1. The fourth-order valence-corrected chi connectivity index (χ4v) is 7.49. The molecule has 4 rings (SSSR count). The summed E-state index contributed by atoms with van der Waals surface area (Å²) in [5.41, 5.74) is 4.85. The van der Waals surface area contributed by atoms with Crippen LogP contribution in [0, 0.1) is 24.1 Å². The zero-order valence-corrected chi connectivity index (χ0v) is 24.1. The van der Waals surface area contributed by atoms with Crippen molar-refractivity contribution in [3.8, 4) is 0 Å². The number of nitrogens with one attached hydrogen (secondary N) is 1. The van der Waals surface area contributed by atoms with E-state index in [2.05, 4.69) is 9.71 Å². The molecule has 2 heterocycles. The Hall–Kier alpha value is -3.65. The van der Waals surface area contributed by atoms with Crippen LogP contribution in [0.2, 0.25) is 0 Å². The van der Waals surface area contributed by atoms with Gasteiger partial charge in [0.1, 0.15) is 11.7 Å². The topological polar surface area (TPSA) is 173 Å². The SMILES string of the molecule is Cc1cc(CN2C(=O)C(C3=Nc4ccc(NS(C)(=O)=O)cc4S(=O)(=O)C3C(N)=O)C(=O)[C@@H]2C(C)(C)C)ccc1F. The smallest absolute Gasteiger partial charge is 0.242 e. The number of Topliss-reactive ketones (excluding diaryl/α,β-unsaturated/α-hetero) is 1. The van der Waals surface area contributed by atoms with Gasteiger partial charge in [-0.1, -0.05) is 32.9 Å². The number of carbonyl (C=O) groups is 3. The predicted octanol–water partition coefficient (Wildman–Crippen LogP) is 1.86. The summed E-state index contributed by atoms with van der Waals surface area (Å²) in [7, 11) is -8.39. The highest BCUT2D eigenvalue weighted by atomic mass is 32.2. The van der Waals surface area contributed by atoms with Gasteiger partial charge in [0.25, 0.3) is 0 Å². The van der Waals surface area contributed by atoms with Crippen molar-refractivity contribution in [2.75, 3.05) is 11.0 Å². The van der Waals surface area contributed by atoms with Gasteiger partial charge in [-0.15, -0.1) is 0 Å². The first-order chi connectivity index (χ1) is 18.3. The van der Waals surface area contributed by atoms with Crippen molar-refractivity contribution in [2.24, 2.45) is 22.1 Å². The summed E-state index contributed by atoms with van der Waals surface area (Å²) in [5, 5.41) is -2.14. The van der Waals surface area contributed by atoms with Crippen LogP contribution in [-0.2, 0) is 40.8 Å². The standard InChI is InChI=1S/C26H29FN4O7S2/c1-13-10-14(6-8-16(13)27)12-31-23(26(2,3)4)21(32)19(25(31)34)20-22(24(28)33)40(37,38)18-11-15(30-39(5,35)36)7-9-17(18)29-20/h6-11,19,22-23,30H,12H2,1-5H3,(H2,28,33)/t19?,22?,23-/m1/s1. The first-order valence-corrected chi connectivity index (χ1v) is 15.6. The van der Waals surface area contributed by atoms with Crippen LogP contribution in [0.5, 0.6) is 0 Å². The normalized spacial score (nSPS) is 22.6. The van der Waals surface area contributed by atoms with Crippen LogP contribution >= 0.6 is 0 Å². The molecule has 14 heteroatoms. The van der Waals surface area contributed by atoms with E-state index in [0.717, 1.165) is 12.3 Å². The first kappa shape index (κ1) is 29.3. The summed E-state index contributed by atoms with van der Waals surface area (Å²) in [6.45, 7) is 6.72. The Kier molecular flexibility index (Phi) is 7.16. The minimum Gasteiger partial charge on any atom is -0.368 e. The number of likely N-dealkylation sites (tertiary alicyclic amines) is 1. The summed E-state index contributed by atoms with van der Waals surface area (Å²) in [4.78, 5) is 45.4. The highest BCUT2D eigenvalue weighted by molar-refractivity contribution is 7.94. The number of benzene rings is 2. The molecule has 40 heavy (non-hydrogen) atoms. The summed E-state index contributed by atoms with van der Waals surface area (Å²) in [6, 6.07) is 6.75. The van der Waals surface area contributed by atoms with Gasteiger partial charge < -0.3 is 10.6 Å². The van der Waals surface area contributed by atoms with E-state index in [1.165, 1.54) is 29.2 Å².